The Hall–Kier alpha value is -1.33. The second-order valence-corrected chi connectivity index (χ2v) is 6.39. The maximum atomic E-state index is 13.6. The first kappa shape index (κ1) is 16.0. The standard InChI is InChI=1S/C16H25FN2O2/c1-16(2,3)21-12-4-5-15(20)13(10-12)14(11-17)19-8-6-18-7-9-19/h4-5,10,14,18,20H,6-9,11H2,1-3H3/t14-/m0/s1. The molecule has 1 heterocycles. The van der Waals surface area contributed by atoms with E-state index >= 15 is 0 Å². The number of phenols is 1. The zero-order chi connectivity index (χ0) is 15.5. The summed E-state index contributed by atoms with van der Waals surface area (Å²) >= 11 is 0. The summed E-state index contributed by atoms with van der Waals surface area (Å²) in [5.41, 5.74) is 0.273. The number of nitrogens with one attached hydrogen (secondary N) is 1. The topological polar surface area (TPSA) is 44.7 Å². The van der Waals surface area contributed by atoms with Gasteiger partial charge < -0.3 is 15.2 Å². The predicted molar refractivity (Wildman–Crippen MR) is 81.6 cm³/mol. The van der Waals surface area contributed by atoms with Crippen LogP contribution in [-0.4, -0.2) is 48.5 Å². The zero-order valence-electron chi connectivity index (χ0n) is 13.0. The molecule has 0 aliphatic carbocycles. The van der Waals surface area contributed by atoms with Crippen molar-refractivity contribution in [3.63, 3.8) is 0 Å². The number of nitrogens with zero attached hydrogens (tertiary/aromatic N) is 1. The molecule has 1 saturated heterocycles. The molecular formula is C16H25FN2O2. The molecule has 0 radical (unpaired) electrons. The SMILES string of the molecule is CC(C)(C)Oc1ccc(O)c([C@H](CF)N2CCNCC2)c1. The fraction of sp³-hybridized carbons (Fsp3) is 0.625. The first-order valence-electron chi connectivity index (χ1n) is 7.43. The Morgan fingerprint density at radius 2 is 2.00 bits per heavy atom. The van der Waals surface area contributed by atoms with Crippen LogP contribution >= 0.6 is 0 Å². The van der Waals surface area contributed by atoms with Gasteiger partial charge in [-0.15, -0.1) is 0 Å². The molecule has 4 nitrogen and oxygen atoms in total. The van der Waals surface area contributed by atoms with Crippen LogP contribution in [0.15, 0.2) is 18.2 Å². The first-order chi connectivity index (χ1) is 9.90. The van der Waals surface area contributed by atoms with Crippen molar-refractivity contribution in [3.8, 4) is 11.5 Å². The number of ether oxygens (including phenoxy) is 1. The van der Waals surface area contributed by atoms with Crippen LogP contribution in [0, 0.1) is 0 Å². The molecule has 0 amide bonds. The smallest absolute Gasteiger partial charge is 0.120 e. The lowest BCUT2D eigenvalue weighted by Gasteiger charge is -2.34. The number of benzene rings is 1. The van der Waals surface area contributed by atoms with Crippen LogP contribution in [0.1, 0.15) is 32.4 Å². The van der Waals surface area contributed by atoms with E-state index in [1.165, 1.54) is 0 Å². The normalized spacial score (nSPS) is 18.5. The van der Waals surface area contributed by atoms with E-state index in [-0.39, 0.29) is 11.4 Å². The average Bonchev–Trinajstić information content (AvgIpc) is 2.43. The van der Waals surface area contributed by atoms with Gasteiger partial charge in [-0.25, -0.2) is 4.39 Å². The highest BCUT2D eigenvalue weighted by molar-refractivity contribution is 5.41. The summed E-state index contributed by atoms with van der Waals surface area (Å²) in [4.78, 5) is 2.06. The second kappa shape index (κ2) is 6.62. The van der Waals surface area contributed by atoms with Crippen molar-refractivity contribution in [2.24, 2.45) is 0 Å². The zero-order valence-corrected chi connectivity index (χ0v) is 13.0. The maximum absolute atomic E-state index is 13.6. The molecule has 0 spiro atoms. The molecule has 0 aromatic heterocycles. The quantitative estimate of drug-likeness (QED) is 0.896. The molecule has 0 saturated carbocycles. The van der Waals surface area contributed by atoms with Crippen molar-refractivity contribution in [1.29, 1.82) is 0 Å². The van der Waals surface area contributed by atoms with Crippen molar-refractivity contribution in [2.75, 3.05) is 32.9 Å². The Kier molecular flexibility index (Phi) is 5.06. The molecule has 2 rings (SSSR count). The third-order valence-electron chi connectivity index (χ3n) is 3.52. The van der Waals surface area contributed by atoms with E-state index in [0.717, 1.165) is 26.2 Å². The van der Waals surface area contributed by atoms with Gasteiger partial charge in [0.15, 0.2) is 0 Å². The number of aromatic hydroxyl groups is 1. The summed E-state index contributed by atoms with van der Waals surface area (Å²) in [7, 11) is 0. The van der Waals surface area contributed by atoms with Crippen molar-refractivity contribution in [1.82, 2.24) is 10.2 Å². The fourth-order valence-electron chi connectivity index (χ4n) is 2.59. The second-order valence-electron chi connectivity index (χ2n) is 6.39. The summed E-state index contributed by atoms with van der Waals surface area (Å²) in [5, 5.41) is 13.4. The molecule has 1 aromatic carbocycles. The van der Waals surface area contributed by atoms with Gasteiger partial charge in [0.1, 0.15) is 23.8 Å². The monoisotopic (exact) mass is 296 g/mol. The van der Waals surface area contributed by atoms with E-state index in [4.69, 9.17) is 4.74 Å². The molecule has 1 fully saturated rings. The summed E-state index contributed by atoms with van der Waals surface area (Å²) < 4.78 is 19.4. The lowest BCUT2D eigenvalue weighted by atomic mass is 10.0. The molecular weight excluding hydrogens is 271 g/mol. The molecule has 118 valence electrons. The minimum Gasteiger partial charge on any atom is -0.508 e. The first-order valence-corrected chi connectivity index (χ1v) is 7.43. The molecule has 1 aliphatic heterocycles. The minimum atomic E-state index is -0.521. The Balaban J connectivity index is 2.24. The summed E-state index contributed by atoms with van der Waals surface area (Å²) in [5.74, 6) is 0.779. The summed E-state index contributed by atoms with van der Waals surface area (Å²) in [6.07, 6.45) is 0. The van der Waals surface area contributed by atoms with E-state index in [9.17, 15) is 9.50 Å². The Bertz CT molecular complexity index is 468. The third-order valence-corrected chi connectivity index (χ3v) is 3.52. The average molecular weight is 296 g/mol. The van der Waals surface area contributed by atoms with E-state index < -0.39 is 12.7 Å². The molecule has 2 N–H and O–H groups in total. The number of halogens is 1. The summed E-state index contributed by atoms with van der Waals surface area (Å²) in [6, 6.07) is 4.64. The lowest BCUT2D eigenvalue weighted by Crippen LogP contribution is -2.45. The fourth-order valence-corrected chi connectivity index (χ4v) is 2.59. The van der Waals surface area contributed by atoms with Crippen LogP contribution in [0.2, 0.25) is 0 Å². The Labute approximate surface area is 125 Å². The Morgan fingerprint density at radius 3 is 2.57 bits per heavy atom. The molecule has 0 bridgehead atoms. The molecule has 1 aliphatic rings. The van der Waals surface area contributed by atoms with Gasteiger partial charge in [-0.1, -0.05) is 0 Å². The number of hydrogen-bond donors (Lipinski definition) is 2. The van der Waals surface area contributed by atoms with Crippen molar-refractivity contribution >= 4 is 0 Å². The van der Waals surface area contributed by atoms with E-state index in [2.05, 4.69) is 10.2 Å². The van der Waals surface area contributed by atoms with Gasteiger partial charge >= 0.3 is 0 Å². The van der Waals surface area contributed by atoms with Gasteiger partial charge in [0.2, 0.25) is 0 Å². The van der Waals surface area contributed by atoms with Crippen LogP contribution in [0.25, 0.3) is 0 Å². The number of piperazine rings is 1. The minimum absolute atomic E-state index is 0.123. The predicted octanol–water partition coefficient (Wildman–Crippen LogP) is 2.49. The van der Waals surface area contributed by atoms with Crippen molar-refractivity contribution in [3.05, 3.63) is 23.8 Å². The van der Waals surface area contributed by atoms with Crippen LogP contribution in [0.3, 0.4) is 0 Å². The number of phenolic OH excluding ortho intramolecular Hbond substituents is 1. The molecule has 0 unspecified atom stereocenters. The Morgan fingerprint density at radius 1 is 1.33 bits per heavy atom. The number of hydrogen-bond acceptors (Lipinski definition) is 4. The maximum Gasteiger partial charge on any atom is 0.120 e. The third kappa shape index (κ3) is 4.32. The highest BCUT2D eigenvalue weighted by Crippen LogP contribution is 2.33. The largest absolute Gasteiger partial charge is 0.508 e. The lowest BCUT2D eigenvalue weighted by molar-refractivity contribution is 0.128. The van der Waals surface area contributed by atoms with Crippen molar-refractivity contribution < 1.29 is 14.2 Å². The van der Waals surface area contributed by atoms with Gasteiger partial charge in [-0.05, 0) is 39.0 Å². The van der Waals surface area contributed by atoms with E-state index in [0.29, 0.717) is 11.3 Å². The molecule has 1 atom stereocenters. The van der Waals surface area contributed by atoms with E-state index in [1.54, 1.807) is 18.2 Å². The molecule has 5 heteroatoms. The van der Waals surface area contributed by atoms with Gasteiger partial charge in [-0.2, -0.15) is 0 Å². The van der Waals surface area contributed by atoms with Gasteiger partial charge in [0, 0.05) is 31.7 Å². The van der Waals surface area contributed by atoms with E-state index in [1.807, 2.05) is 20.8 Å². The van der Waals surface area contributed by atoms with Gasteiger partial charge in [0.05, 0.1) is 6.04 Å². The van der Waals surface area contributed by atoms with Crippen molar-refractivity contribution in [2.45, 2.75) is 32.4 Å². The number of alkyl halides is 1. The van der Waals surface area contributed by atoms with Crippen LogP contribution in [0.5, 0.6) is 11.5 Å². The van der Waals surface area contributed by atoms with Crippen LogP contribution in [-0.2, 0) is 0 Å². The van der Waals surface area contributed by atoms with Crippen LogP contribution < -0.4 is 10.1 Å². The van der Waals surface area contributed by atoms with Gasteiger partial charge in [0.25, 0.3) is 0 Å². The van der Waals surface area contributed by atoms with Gasteiger partial charge in [-0.3, -0.25) is 4.90 Å². The van der Waals surface area contributed by atoms with Crippen LogP contribution in [0.4, 0.5) is 4.39 Å². The summed E-state index contributed by atoms with van der Waals surface area (Å²) in [6.45, 7) is 8.60. The number of rotatable bonds is 4. The molecule has 21 heavy (non-hydrogen) atoms. The molecule has 1 aromatic rings. The highest BCUT2D eigenvalue weighted by Gasteiger charge is 2.25. The highest BCUT2D eigenvalue weighted by atomic mass is 19.1.